The third kappa shape index (κ3) is 4.62. The Morgan fingerprint density at radius 1 is 1.17 bits per heavy atom. The van der Waals surface area contributed by atoms with E-state index in [4.69, 9.17) is 0 Å². The van der Waals surface area contributed by atoms with Gasteiger partial charge in [-0.25, -0.2) is 12.8 Å². The van der Waals surface area contributed by atoms with Gasteiger partial charge in [-0.2, -0.15) is 4.31 Å². The smallest absolute Gasteiger partial charge is 0.246 e. The van der Waals surface area contributed by atoms with Gasteiger partial charge in [0.25, 0.3) is 0 Å². The third-order valence-electron chi connectivity index (χ3n) is 4.76. The van der Waals surface area contributed by atoms with Crippen LogP contribution in [0.15, 0.2) is 34.3 Å². The summed E-state index contributed by atoms with van der Waals surface area (Å²) in [4.78, 5) is 13.8. The van der Waals surface area contributed by atoms with Crippen molar-refractivity contribution in [2.75, 3.05) is 31.9 Å². The number of thioether (sulfide) groups is 1. The molecule has 1 saturated heterocycles. The van der Waals surface area contributed by atoms with Gasteiger partial charge in [0.2, 0.25) is 15.9 Å². The van der Waals surface area contributed by atoms with E-state index >= 15 is 0 Å². The van der Waals surface area contributed by atoms with E-state index in [0.29, 0.717) is 5.16 Å². The third-order valence-corrected chi connectivity index (χ3v) is 7.69. The molecule has 0 N–H and O–H groups in total. The number of hydrogen-bond acceptors (Lipinski definition) is 6. The second-order valence-electron chi connectivity index (χ2n) is 7.06. The Hall–Kier alpha value is -1.98. The zero-order chi connectivity index (χ0) is 21.2. The molecule has 0 aliphatic carbocycles. The van der Waals surface area contributed by atoms with Crippen LogP contribution >= 0.6 is 11.8 Å². The lowest BCUT2D eigenvalue weighted by atomic mass is 10.2. The van der Waals surface area contributed by atoms with Crippen molar-refractivity contribution in [3.63, 3.8) is 0 Å². The number of benzene rings is 1. The summed E-state index contributed by atoms with van der Waals surface area (Å²) in [6.07, 6.45) is 0. The van der Waals surface area contributed by atoms with Crippen molar-refractivity contribution in [1.29, 1.82) is 0 Å². The van der Waals surface area contributed by atoms with Crippen molar-refractivity contribution in [3.05, 3.63) is 35.9 Å². The zero-order valence-corrected chi connectivity index (χ0v) is 18.2. The Balaban J connectivity index is 1.57. The van der Waals surface area contributed by atoms with E-state index in [1.165, 1.54) is 34.3 Å². The fourth-order valence-electron chi connectivity index (χ4n) is 3.14. The molecule has 158 valence electrons. The minimum atomic E-state index is -3.91. The number of aromatic nitrogens is 3. The highest BCUT2D eigenvalue weighted by molar-refractivity contribution is 7.99. The monoisotopic (exact) mass is 441 g/mol. The van der Waals surface area contributed by atoms with Crippen LogP contribution in [0.25, 0.3) is 0 Å². The summed E-state index contributed by atoms with van der Waals surface area (Å²) >= 11 is 1.31. The van der Waals surface area contributed by atoms with Crippen LogP contribution in [0.5, 0.6) is 0 Å². The average molecular weight is 442 g/mol. The van der Waals surface area contributed by atoms with Gasteiger partial charge < -0.3 is 9.47 Å². The fourth-order valence-corrected chi connectivity index (χ4v) is 5.45. The van der Waals surface area contributed by atoms with E-state index in [2.05, 4.69) is 10.2 Å². The van der Waals surface area contributed by atoms with E-state index in [1.807, 2.05) is 25.5 Å². The second kappa shape index (κ2) is 8.80. The lowest BCUT2D eigenvalue weighted by molar-refractivity contribution is -0.129. The van der Waals surface area contributed by atoms with Crippen LogP contribution in [-0.4, -0.2) is 70.2 Å². The molecule has 1 aromatic carbocycles. The summed E-state index contributed by atoms with van der Waals surface area (Å²) in [7, 11) is -2.05. The van der Waals surface area contributed by atoms with Crippen molar-refractivity contribution >= 4 is 27.7 Å². The molecule has 1 fully saturated rings. The molecule has 29 heavy (non-hydrogen) atoms. The topological polar surface area (TPSA) is 88.4 Å². The average Bonchev–Trinajstić information content (AvgIpc) is 3.07. The Labute approximate surface area is 174 Å². The highest BCUT2D eigenvalue weighted by Crippen LogP contribution is 2.22. The van der Waals surface area contributed by atoms with E-state index in [9.17, 15) is 17.6 Å². The largest absolute Gasteiger partial charge is 0.339 e. The molecule has 0 unspecified atom stereocenters. The van der Waals surface area contributed by atoms with Crippen LogP contribution in [0.4, 0.5) is 4.39 Å². The van der Waals surface area contributed by atoms with Gasteiger partial charge in [-0.3, -0.25) is 4.79 Å². The van der Waals surface area contributed by atoms with Gasteiger partial charge in [0.15, 0.2) is 5.16 Å². The molecule has 0 saturated carbocycles. The molecule has 0 radical (unpaired) electrons. The van der Waals surface area contributed by atoms with Crippen LogP contribution in [0.1, 0.15) is 25.6 Å². The second-order valence-corrected chi connectivity index (χ2v) is 9.91. The normalized spacial score (nSPS) is 15.8. The number of carbonyl (C=O) groups is 1. The number of halogens is 1. The molecule has 0 atom stereocenters. The highest BCUT2D eigenvalue weighted by Gasteiger charge is 2.31. The van der Waals surface area contributed by atoms with Crippen LogP contribution in [0.3, 0.4) is 0 Å². The van der Waals surface area contributed by atoms with Gasteiger partial charge in [0.1, 0.15) is 16.5 Å². The van der Waals surface area contributed by atoms with Crippen LogP contribution in [0, 0.1) is 5.82 Å². The molecule has 1 amide bonds. The van der Waals surface area contributed by atoms with Gasteiger partial charge in [-0.15, -0.1) is 10.2 Å². The van der Waals surface area contributed by atoms with Gasteiger partial charge in [-0.05, 0) is 12.1 Å². The molecule has 11 heteroatoms. The fraction of sp³-hybridized carbons (Fsp3) is 0.500. The maximum atomic E-state index is 13.9. The van der Waals surface area contributed by atoms with Crippen molar-refractivity contribution in [1.82, 2.24) is 24.0 Å². The number of sulfonamides is 1. The molecular weight excluding hydrogens is 417 g/mol. The number of rotatable bonds is 6. The summed E-state index contributed by atoms with van der Waals surface area (Å²) in [5, 5.41) is 8.93. The molecular formula is C18H24FN5O3S2. The van der Waals surface area contributed by atoms with E-state index in [-0.39, 0.29) is 48.7 Å². The number of hydrogen-bond donors (Lipinski definition) is 0. The number of carbonyl (C=O) groups excluding carboxylic acids is 1. The maximum Gasteiger partial charge on any atom is 0.246 e. The summed E-state index contributed by atoms with van der Waals surface area (Å²) in [6.45, 7) is 4.85. The number of piperazine rings is 1. The summed E-state index contributed by atoms with van der Waals surface area (Å²) < 4.78 is 42.3. The molecule has 1 aliphatic heterocycles. The first-order chi connectivity index (χ1) is 13.7. The molecule has 1 aromatic heterocycles. The van der Waals surface area contributed by atoms with Gasteiger partial charge in [0.05, 0.1) is 5.75 Å². The Bertz CT molecular complexity index is 985. The number of nitrogens with zero attached hydrogens (tertiary/aromatic N) is 5. The minimum Gasteiger partial charge on any atom is -0.339 e. The first-order valence-electron chi connectivity index (χ1n) is 9.26. The maximum absolute atomic E-state index is 13.9. The predicted molar refractivity (Wildman–Crippen MR) is 108 cm³/mol. The first kappa shape index (κ1) is 21.7. The van der Waals surface area contributed by atoms with Gasteiger partial charge in [0, 0.05) is 39.1 Å². The molecule has 0 bridgehead atoms. The van der Waals surface area contributed by atoms with Gasteiger partial charge in [-0.1, -0.05) is 37.7 Å². The summed E-state index contributed by atoms with van der Waals surface area (Å²) in [5.74, 6) is 0.428. The lowest BCUT2D eigenvalue weighted by Crippen LogP contribution is -2.51. The van der Waals surface area contributed by atoms with Crippen molar-refractivity contribution < 1.29 is 17.6 Å². The molecule has 2 heterocycles. The van der Waals surface area contributed by atoms with Crippen molar-refractivity contribution in [3.8, 4) is 0 Å². The molecule has 1 aliphatic rings. The Morgan fingerprint density at radius 2 is 1.83 bits per heavy atom. The van der Waals surface area contributed by atoms with Crippen LogP contribution < -0.4 is 0 Å². The summed E-state index contributed by atoms with van der Waals surface area (Å²) in [6, 6.07) is 5.32. The highest BCUT2D eigenvalue weighted by atomic mass is 32.2. The molecule has 0 spiro atoms. The summed E-state index contributed by atoms with van der Waals surface area (Å²) in [5.41, 5.74) is 0. The lowest BCUT2D eigenvalue weighted by Gasteiger charge is -2.34. The van der Waals surface area contributed by atoms with Gasteiger partial charge >= 0.3 is 0 Å². The zero-order valence-electron chi connectivity index (χ0n) is 16.6. The molecule has 3 rings (SSSR count). The van der Waals surface area contributed by atoms with Crippen molar-refractivity contribution in [2.24, 2.45) is 7.05 Å². The molecule has 2 aromatic rings. The first-order valence-corrected chi connectivity index (χ1v) is 11.7. The van der Waals surface area contributed by atoms with Crippen LogP contribution in [0.2, 0.25) is 0 Å². The quantitative estimate of drug-likeness (QED) is 0.634. The standard InChI is InChI=1S/C18H24FN5O3S2/c1-13(2)17-20-21-18(22(17)3)28-12-16(25)23-8-10-24(11-9-23)29(26,27)15-7-5-4-6-14(15)19/h4-7,13H,8-12H2,1-3H3. The SMILES string of the molecule is CC(C)c1nnc(SCC(=O)N2CCN(S(=O)(=O)c3ccccc3F)CC2)n1C. The van der Waals surface area contributed by atoms with E-state index in [1.54, 1.807) is 4.90 Å². The predicted octanol–water partition coefficient (Wildman–Crippen LogP) is 1.70. The van der Waals surface area contributed by atoms with Crippen molar-refractivity contribution in [2.45, 2.75) is 29.8 Å². The minimum absolute atomic E-state index is 0.0907. The Kier molecular flexibility index (Phi) is 6.59. The Morgan fingerprint density at radius 3 is 2.41 bits per heavy atom. The van der Waals surface area contributed by atoms with E-state index in [0.717, 1.165) is 11.9 Å². The number of amides is 1. The molecule has 8 nitrogen and oxygen atoms in total. The van der Waals surface area contributed by atoms with E-state index < -0.39 is 15.8 Å². The van der Waals surface area contributed by atoms with Crippen LogP contribution in [-0.2, 0) is 21.9 Å².